The van der Waals surface area contributed by atoms with Crippen molar-refractivity contribution in [1.29, 1.82) is 0 Å². The Balaban J connectivity index is 1.64. The van der Waals surface area contributed by atoms with Gasteiger partial charge in [-0.05, 0) is 11.6 Å². The molecule has 1 unspecified atom stereocenters. The molecule has 3 heteroatoms. The number of aromatic nitrogens is 2. The second-order valence-electron chi connectivity index (χ2n) is 5.31. The summed E-state index contributed by atoms with van der Waals surface area (Å²) in [5.74, 6) is 2.79. The Kier molecular flexibility index (Phi) is 3.28. The first-order valence-corrected chi connectivity index (χ1v) is 8.18. The van der Waals surface area contributed by atoms with E-state index < -0.39 is 0 Å². The topological polar surface area (TPSA) is 17.8 Å². The molecule has 2 nitrogen and oxygen atoms in total. The summed E-state index contributed by atoms with van der Waals surface area (Å²) in [6, 6.07) is 19.2. The molecule has 3 aromatic rings. The molecule has 0 radical (unpaired) electrons. The second-order valence-corrected chi connectivity index (χ2v) is 6.38. The van der Waals surface area contributed by atoms with E-state index in [-0.39, 0.29) is 0 Å². The fraction of sp³-hybridized carbons (Fsp3) is 0.167. The minimum Gasteiger partial charge on any atom is -0.330 e. The minimum atomic E-state index is 0.572. The maximum atomic E-state index is 4.54. The molecule has 1 atom stereocenters. The molecule has 1 aliphatic heterocycles. The van der Waals surface area contributed by atoms with Crippen LogP contribution >= 0.6 is 11.8 Å². The van der Waals surface area contributed by atoms with Crippen LogP contribution in [0.2, 0.25) is 0 Å². The molecule has 0 amide bonds. The molecule has 0 saturated carbocycles. The van der Waals surface area contributed by atoms with E-state index in [1.807, 2.05) is 24.0 Å². The largest absolute Gasteiger partial charge is 0.330 e. The standard InChI is InChI=1S/C18H16N2S/c1-2-6-14(7-3-1)18-19-10-11-20(18)12-15-13-21-17-9-5-4-8-16(15)17/h1-11,15H,12-13H2. The summed E-state index contributed by atoms with van der Waals surface area (Å²) < 4.78 is 2.28. The molecule has 2 heterocycles. The summed E-state index contributed by atoms with van der Waals surface area (Å²) >= 11 is 1.97. The quantitative estimate of drug-likeness (QED) is 0.710. The molecule has 0 aliphatic carbocycles. The van der Waals surface area contributed by atoms with Crippen LogP contribution in [0.15, 0.2) is 71.9 Å². The van der Waals surface area contributed by atoms with E-state index in [4.69, 9.17) is 0 Å². The van der Waals surface area contributed by atoms with E-state index in [9.17, 15) is 0 Å². The van der Waals surface area contributed by atoms with Crippen molar-refractivity contribution in [2.45, 2.75) is 17.4 Å². The summed E-state index contributed by atoms with van der Waals surface area (Å²) in [6.45, 7) is 0.994. The predicted molar refractivity (Wildman–Crippen MR) is 87.6 cm³/mol. The highest BCUT2D eigenvalue weighted by atomic mass is 32.2. The molecule has 21 heavy (non-hydrogen) atoms. The average molecular weight is 292 g/mol. The van der Waals surface area contributed by atoms with Crippen molar-refractivity contribution in [2.75, 3.05) is 5.75 Å². The number of thioether (sulfide) groups is 1. The summed E-state index contributed by atoms with van der Waals surface area (Å²) in [7, 11) is 0. The summed E-state index contributed by atoms with van der Waals surface area (Å²) in [5.41, 5.74) is 2.66. The first kappa shape index (κ1) is 12.7. The second kappa shape index (κ2) is 5.41. The van der Waals surface area contributed by atoms with E-state index in [1.54, 1.807) is 0 Å². The van der Waals surface area contributed by atoms with Gasteiger partial charge >= 0.3 is 0 Å². The van der Waals surface area contributed by atoms with Gasteiger partial charge in [0.1, 0.15) is 5.82 Å². The zero-order chi connectivity index (χ0) is 14.1. The van der Waals surface area contributed by atoms with E-state index in [0.29, 0.717) is 5.92 Å². The van der Waals surface area contributed by atoms with Gasteiger partial charge in [-0.1, -0.05) is 48.5 Å². The van der Waals surface area contributed by atoms with Crippen LogP contribution in [0.5, 0.6) is 0 Å². The fourth-order valence-corrected chi connectivity index (χ4v) is 4.16. The average Bonchev–Trinajstić information content (AvgIpc) is 3.16. The molecule has 0 fully saturated rings. The summed E-state index contributed by atoms with van der Waals surface area (Å²) in [6.07, 6.45) is 3.99. The molecule has 1 aromatic heterocycles. The Morgan fingerprint density at radius 1 is 1.05 bits per heavy atom. The van der Waals surface area contributed by atoms with Crippen molar-refractivity contribution >= 4 is 11.8 Å². The number of hydrogen-bond donors (Lipinski definition) is 0. The predicted octanol–water partition coefficient (Wildman–Crippen LogP) is 4.44. The Bertz CT molecular complexity index is 749. The van der Waals surface area contributed by atoms with Crippen LogP contribution in [0.4, 0.5) is 0 Å². The highest BCUT2D eigenvalue weighted by molar-refractivity contribution is 7.99. The highest BCUT2D eigenvalue weighted by Gasteiger charge is 2.23. The SMILES string of the molecule is c1ccc(-c2nccn2CC2CSc3ccccc32)cc1. The van der Waals surface area contributed by atoms with Gasteiger partial charge in [0.2, 0.25) is 0 Å². The van der Waals surface area contributed by atoms with Crippen LogP contribution in [0.1, 0.15) is 11.5 Å². The fourth-order valence-electron chi connectivity index (χ4n) is 2.92. The van der Waals surface area contributed by atoms with Crippen LogP contribution in [-0.4, -0.2) is 15.3 Å². The van der Waals surface area contributed by atoms with Gasteiger partial charge in [-0.15, -0.1) is 11.8 Å². The van der Waals surface area contributed by atoms with Crippen LogP contribution in [0, 0.1) is 0 Å². The Morgan fingerprint density at radius 2 is 1.86 bits per heavy atom. The third kappa shape index (κ3) is 2.38. The first-order chi connectivity index (χ1) is 10.4. The van der Waals surface area contributed by atoms with E-state index in [0.717, 1.165) is 18.1 Å². The monoisotopic (exact) mass is 292 g/mol. The Morgan fingerprint density at radius 3 is 2.76 bits per heavy atom. The van der Waals surface area contributed by atoms with Crippen molar-refractivity contribution < 1.29 is 0 Å². The molecule has 0 saturated heterocycles. The van der Waals surface area contributed by atoms with Crippen molar-refractivity contribution in [3.05, 3.63) is 72.6 Å². The van der Waals surface area contributed by atoms with Crippen molar-refractivity contribution in [3.8, 4) is 11.4 Å². The molecule has 2 aromatic carbocycles. The molecule has 0 bridgehead atoms. The van der Waals surface area contributed by atoms with Crippen LogP contribution in [0.25, 0.3) is 11.4 Å². The molecule has 4 rings (SSSR count). The number of fused-ring (bicyclic) bond motifs is 1. The summed E-state index contributed by atoms with van der Waals surface area (Å²) in [4.78, 5) is 5.97. The summed E-state index contributed by atoms with van der Waals surface area (Å²) in [5, 5.41) is 0. The Labute approximate surface area is 128 Å². The number of imidazole rings is 1. The smallest absolute Gasteiger partial charge is 0.139 e. The third-order valence-electron chi connectivity index (χ3n) is 3.96. The lowest BCUT2D eigenvalue weighted by molar-refractivity contribution is 0.610. The molecule has 1 aliphatic rings. The zero-order valence-electron chi connectivity index (χ0n) is 11.6. The number of rotatable bonds is 3. The van der Waals surface area contributed by atoms with Gasteiger partial charge in [-0.25, -0.2) is 4.98 Å². The van der Waals surface area contributed by atoms with Gasteiger partial charge < -0.3 is 4.57 Å². The lowest BCUT2D eigenvalue weighted by Gasteiger charge is -2.14. The number of benzene rings is 2. The third-order valence-corrected chi connectivity index (χ3v) is 5.22. The molecule has 104 valence electrons. The lowest BCUT2D eigenvalue weighted by Crippen LogP contribution is -2.09. The van der Waals surface area contributed by atoms with Crippen molar-refractivity contribution in [1.82, 2.24) is 9.55 Å². The maximum absolute atomic E-state index is 4.54. The van der Waals surface area contributed by atoms with Crippen LogP contribution < -0.4 is 0 Å². The first-order valence-electron chi connectivity index (χ1n) is 7.20. The molecular formula is C18H16N2S. The zero-order valence-corrected chi connectivity index (χ0v) is 12.5. The van der Waals surface area contributed by atoms with E-state index in [2.05, 4.69) is 64.3 Å². The van der Waals surface area contributed by atoms with Gasteiger partial charge in [0, 0.05) is 41.1 Å². The Hall–Kier alpha value is -2.00. The van der Waals surface area contributed by atoms with Gasteiger partial charge in [0.15, 0.2) is 0 Å². The van der Waals surface area contributed by atoms with Gasteiger partial charge in [-0.3, -0.25) is 0 Å². The van der Waals surface area contributed by atoms with E-state index >= 15 is 0 Å². The molecule has 0 spiro atoms. The number of nitrogens with zero attached hydrogens (tertiary/aromatic N) is 2. The molecule has 0 N–H and O–H groups in total. The van der Waals surface area contributed by atoms with Gasteiger partial charge in [0.25, 0.3) is 0 Å². The lowest BCUT2D eigenvalue weighted by atomic mass is 10.0. The highest BCUT2D eigenvalue weighted by Crippen LogP contribution is 2.40. The van der Waals surface area contributed by atoms with Crippen LogP contribution in [-0.2, 0) is 6.54 Å². The normalized spacial score (nSPS) is 16.9. The van der Waals surface area contributed by atoms with Gasteiger partial charge in [-0.2, -0.15) is 0 Å². The van der Waals surface area contributed by atoms with Crippen molar-refractivity contribution in [2.24, 2.45) is 0 Å². The molecular weight excluding hydrogens is 276 g/mol. The van der Waals surface area contributed by atoms with Gasteiger partial charge in [0.05, 0.1) is 0 Å². The minimum absolute atomic E-state index is 0.572. The number of hydrogen-bond acceptors (Lipinski definition) is 2. The maximum Gasteiger partial charge on any atom is 0.139 e. The van der Waals surface area contributed by atoms with Crippen molar-refractivity contribution in [3.63, 3.8) is 0 Å². The van der Waals surface area contributed by atoms with E-state index in [1.165, 1.54) is 16.0 Å². The van der Waals surface area contributed by atoms with Crippen LogP contribution in [0.3, 0.4) is 0 Å².